The summed E-state index contributed by atoms with van der Waals surface area (Å²) in [6.07, 6.45) is 2.11. The standard InChI is InChI=1S/C17H23FN4O3.ClH/c18-13-3-2-12(17(25)21-8-6-15(19)23)9-14(13)22-16(24)4-1-11-5-7-20-10-11;/h2-3,9,11,20H,1,4-8,10H2,(H2,19,23)(H,21,25)(H,22,24);1H. The Morgan fingerprint density at radius 3 is 2.69 bits per heavy atom. The van der Waals surface area contributed by atoms with Gasteiger partial charge in [-0.3, -0.25) is 14.4 Å². The number of carbonyl (C=O) groups excluding carboxylic acids is 3. The highest BCUT2D eigenvalue weighted by molar-refractivity contribution is 5.97. The second kappa shape index (κ2) is 10.7. The molecule has 3 amide bonds. The van der Waals surface area contributed by atoms with Gasteiger partial charge in [0.25, 0.3) is 5.91 Å². The molecule has 0 bridgehead atoms. The number of nitrogens with one attached hydrogen (secondary N) is 3. The molecule has 0 radical (unpaired) electrons. The van der Waals surface area contributed by atoms with Crippen molar-refractivity contribution >= 4 is 35.8 Å². The zero-order chi connectivity index (χ0) is 18.2. The van der Waals surface area contributed by atoms with Crippen molar-refractivity contribution in [2.24, 2.45) is 11.7 Å². The molecule has 0 aliphatic carbocycles. The van der Waals surface area contributed by atoms with Crippen molar-refractivity contribution in [2.45, 2.75) is 25.7 Å². The maximum atomic E-state index is 13.9. The van der Waals surface area contributed by atoms with Crippen molar-refractivity contribution in [3.63, 3.8) is 0 Å². The van der Waals surface area contributed by atoms with E-state index in [0.717, 1.165) is 32.0 Å². The molecule has 1 atom stereocenters. The SMILES string of the molecule is Cl.NC(=O)CCNC(=O)c1ccc(F)c(NC(=O)CCC2CCNC2)c1. The summed E-state index contributed by atoms with van der Waals surface area (Å²) in [7, 11) is 0. The number of benzene rings is 1. The Hall–Kier alpha value is -2.19. The van der Waals surface area contributed by atoms with E-state index in [4.69, 9.17) is 5.73 Å². The van der Waals surface area contributed by atoms with Gasteiger partial charge in [-0.25, -0.2) is 4.39 Å². The highest BCUT2D eigenvalue weighted by Crippen LogP contribution is 2.18. The monoisotopic (exact) mass is 386 g/mol. The van der Waals surface area contributed by atoms with Crippen molar-refractivity contribution in [3.8, 4) is 0 Å². The summed E-state index contributed by atoms with van der Waals surface area (Å²) in [5.41, 5.74) is 5.16. The lowest BCUT2D eigenvalue weighted by Crippen LogP contribution is -2.28. The zero-order valence-corrected chi connectivity index (χ0v) is 15.2. The quantitative estimate of drug-likeness (QED) is 0.537. The first-order chi connectivity index (χ1) is 12.0. The van der Waals surface area contributed by atoms with E-state index < -0.39 is 17.6 Å². The lowest BCUT2D eigenvalue weighted by molar-refractivity contribution is -0.118. The van der Waals surface area contributed by atoms with Crippen LogP contribution in [0, 0.1) is 11.7 Å². The van der Waals surface area contributed by atoms with Gasteiger partial charge in [-0.1, -0.05) is 0 Å². The summed E-state index contributed by atoms with van der Waals surface area (Å²) in [6.45, 7) is 1.97. The number of hydrogen-bond donors (Lipinski definition) is 4. The second-order valence-electron chi connectivity index (χ2n) is 6.11. The number of nitrogens with two attached hydrogens (primary N) is 1. The van der Waals surface area contributed by atoms with Crippen LogP contribution < -0.4 is 21.7 Å². The molecule has 0 spiro atoms. The van der Waals surface area contributed by atoms with Crippen LogP contribution in [0.15, 0.2) is 18.2 Å². The first kappa shape index (κ1) is 21.9. The first-order valence-corrected chi connectivity index (χ1v) is 8.32. The van der Waals surface area contributed by atoms with Crippen LogP contribution in [0.4, 0.5) is 10.1 Å². The second-order valence-corrected chi connectivity index (χ2v) is 6.11. The normalized spacial score (nSPS) is 15.8. The smallest absolute Gasteiger partial charge is 0.251 e. The minimum atomic E-state index is -0.607. The Kier molecular flexibility index (Phi) is 9.01. The molecule has 1 saturated heterocycles. The Bertz CT molecular complexity index is 651. The summed E-state index contributed by atoms with van der Waals surface area (Å²) in [4.78, 5) is 34.6. The highest BCUT2D eigenvalue weighted by atomic mass is 35.5. The molecule has 144 valence electrons. The van der Waals surface area contributed by atoms with Crippen molar-refractivity contribution in [1.29, 1.82) is 0 Å². The number of amides is 3. The van der Waals surface area contributed by atoms with Gasteiger partial charge >= 0.3 is 0 Å². The molecule has 7 nitrogen and oxygen atoms in total. The first-order valence-electron chi connectivity index (χ1n) is 8.32. The average Bonchev–Trinajstić information content (AvgIpc) is 3.08. The van der Waals surface area contributed by atoms with Crippen molar-refractivity contribution < 1.29 is 18.8 Å². The summed E-state index contributed by atoms with van der Waals surface area (Å²) in [6, 6.07) is 3.72. The van der Waals surface area contributed by atoms with E-state index in [1.54, 1.807) is 0 Å². The van der Waals surface area contributed by atoms with Gasteiger partial charge in [-0.15, -0.1) is 12.4 Å². The summed E-state index contributed by atoms with van der Waals surface area (Å²) < 4.78 is 13.9. The lowest BCUT2D eigenvalue weighted by atomic mass is 10.0. The molecule has 5 N–H and O–H groups in total. The van der Waals surface area contributed by atoms with Gasteiger partial charge in [0, 0.05) is 24.9 Å². The minimum Gasteiger partial charge on any atom is -0.370 e. The summed E-state index contributed by atoms with van der Waals surface area (Å²) >= 11 is 0. The maximum absolute atomic E-state index is 13.9. The number of carbonyl (C=O) groups is 3. The molecule has 0 aromatic heterocycles. The number of rotatable bonds is 8. The predicted molar refractivity (Wildman–Crippen MR) is 98.6 cm³/mol. The number of primary amides is 1. The molecule has 1 unspecified atom stereocenters. The van der Waals surface area contributed by atoms with Crippen LogP contribution in [0.1, 0.15) is 36.0 Å². The van der Waals surface area contributed by atoms with E-state index in [9.17, 15) is 18.8 Å². The molecule has 1 aliphatic heterocycles. The fourth-order valence-corrected chi connectivity index (χ4v) is 2.67. The molecule has 26 heavy (non-hydrogen) atoms. The Labute approximate surface area is 157 Å². The Morgan fingerprint density at radius 1 is 1.27 bits per heavy atom. The van der Waals surface area contributed by atoms with E-state index in [2.05, 4.69) is 16.0 Å². The summed E-state index contributed by atoms with van der Waals surface area (Å²) in [5, 5.41) is 8.26. The van der Waals surface area contributed by atoms with Crippen LogP contribution in [-0.4, -0.2) is 37.4 Å². The minimum absolute atomic E-state index is 0. The molecule has 2 rings (SSSR count). The third-order valence-corrected chi connectivity index (χ3v) is 4.10. The number of halogens is 2. The highest BCUT2D eigenvalue weighted by Gasteiger charge is 2.17. The van der Waals surface area contributed by atoms with Gasteiger partial charge in [0.15, 0.2) is 0 Å². The maximum Gasteiger partial charge on any atom is 0.251 e. The van der Waals surface area contributed by atoms with Crippen LogP contribution >= 0.6 is 12.4 Å². The van der Waals surface area contributed by atoms with Gasteiger partial charge in [-0.05, 0) is 50.0 Å². The largest absolute Gasteiger partial charge is 0.370 e. The predicted octanol–water partition coefficient (Wildman–Crippen LogP) is 1.18. The van der Waals surface area contributed by atoms with E-state index in [1.807, 2.05) is 0 Å². The van der Waals surface area contributed by atoms with Gasteiger partial charge < -0.3 is 21.7 Å². The third kappa shape index (κ3) is 6.97. The molecular weight excluding hydrogens is 363 g/mol. The van der Waals surface area contributed by atoms with Crippen LogP contribution in [0.2, 0.25) is 0 Å². The van der Waals surface area contributed by atoms with Crippen molar-refractivity contribution in [2.75, 3.05) is 25.0 Å². The van der Waals surface area contributed by atoms with Crippen molar-refractivity contribution in [3.05, 3.63) is 29.6 Å². The molecule has 9 heteroatoms. The average molecular weight is 387 g/mol. The van der Waals surface area contributed by atoms with E-state index >= 15 is 0 Å². The lowest BCUT2D eigenvalue weighted by Gasteiger charge is -2.11. The molecule has 1 heterocycles. The summed E-state index contributed by atoms with van der Waals surface area (Å²) in [5.74, 6) is -1.40. The third-order valence-electron chi connectivity index (χ3n) is 4.10. The molecular formula is C17H24ClFN4O3. The van der Waals surface area contributed by atoms with Gasteiger partial charge in [0.2, 0.25) is 11.8 Å². The van der Waals surface area contributed by atoms with Gasteiger partial charge in [0.1, 0.15) is 5.82 Å². The van der Waals surface area contributed by atoms with Crippen LogP contribution in [-0.2, 0) is 9.59 Å². The van der Waals surface area contributed by atoms with Crippen LogP contribution in [0.5, 0.6) is 0 Å². The number of anilines is 1. The Morgan fingerprint density at radius 2 is 2.04 bits per heavy atom. The molecule has 1 fully saturated rings. The van der Waals surface area contributed by atoms with Crippen LogP contribution in [0.25, 0.3) is 0 Å². The number of hydrogen-bond acceptors (Lipinski definition) is 4. The van der Waals surface area contributed by atoms with Gasteiger partial charge in [0.05, 0.1) is 5.69 Å². The zero-order valence-electron chi connectivity index (χ0n) is 14.3. The molecule has 1 aromatic rings. The van der Waals surface area contributed by atoms with Crippen molar-refractivity contribution in [1.82, 2.24) is 10.6 Å². The molecule has 1 aliphatic rings. The fourth-order valence-electron chi connectivity index (χ4n) is 2.67. The van der Waals surface area contributed by atoms with Crippen LogP contribution in [0.3, 0.4) is 0 Å². The molecule has 0 saturated carbocycles. The topological polar surface area (TPSA) is 113 Å². The van der Waals surface area contributed by atoms with E-state index in [1.165, 1.54) is 12.1 Å². The fraction of sp³-hybridized carbons (Fsp3) is 0.471. The van der Waals surface area contributed by atoms with Gasteiger partial charge in [-0.2, -0.15) is 0 Å². The van der Waals surface area contributed by atoms with E-state index in [0.29, 0.717) is 12.3 Å². The van der Waals surface area contributed by atoms with E-state index in [-0.39, 0.29) is 42.5 Å². The Balaban J connectivity index is 0.00000338. The molecule has 1 aromatic carbocycles.